The van der Waals surface area contributed by atoms with Crippen molar-refractivity contribution in [3.63, 3.8) is 0 Å². The maximum atomic E-state index is 11.5. The summed E-state index contributed by atoms with van der Waals surface area (Å²) in [4.78, 5) is 11.5. The largest absolute Gasteiger partial charge is 0.507 e. The molecule has 2 aromatic carbocycles. The highest BCUT2D eigenvalue weighted by Crippen LogP contribution is 2.52. The molecule has 1 N–H and O–H groups in total. The number of rotatable bonds is 3. The average Bonchev–Trinajstić information content (AvgIpc) is 2.71. The quantitative estimate of drug-likeness (QED) is 0.472. The molecule has 3 rings (SSSR count). The lowest BCUT2D eigenvalue weighted by molar-refractivity contribution is 0.0600. The van der Waals surface area contributed by atoms with Gasteiger partial charge in [0, 0.05) is 17.5 Å². The number of fused-ring (bicyclic) bond motifs is 1. The summed E-state index contributed by atoms with van der Waals surface area (Å²) in [6.45, 7) is 0.708. The first kappa shape index (κ1) is 19.5. The normalized spacial score (nSPS) is 14.3. The fourth-order valence-electron chi connectivity index (χ4n) is 2.99. The lowest BCUT2D eigenvalue weighted by atomic mass is 10.0. The van der Waals surface area contributed by atoms with Crippen LogP contribution in [-0.2, 0) is 8.82 Å². The Kier molecular flexibility index (Phi) is 5.93. The predicted molar refractivity (Wildman–Crippen MR) is 111 cm³/mol. The first-order valence-electron chi connectivity index (χ1n) is 8.34. The topological polar surface area (TPSA) is 55.8 Å². The number of ether oxygens (including phenoxy) is 2. The number of hydrogen-bond donors (Lipinski definition) is 1. The van der Waals surface area contributed by atoms with Crippen LogP contribution >= 0.6 is 23.5 Å². The lowest BCUT2D eigenvalue weighted by Crippen LogP contribution is -2.26. The summed E-state index contributed by atoms with van der Waals surface area (Å²) >= 11 is 3.64. The summed E-state index contributed by atoms with van der Waals surface area (Å²) in [5, 5.41) is 10.1. The van der Waals surface area contributed by atoms with Crippen molar-refractivity contribution < 1.29 is 19.4 Å². The van der Waals surface area contributed by atoms with E-state index in [1.54, 1.807) is 12.1 Å². The zero-order valence-corrected chi connectivity index (χ0v) is 17.0. The lowest BCUT2D eigenvalue weighted by Gasteiger charge is -2.36. The molecule has 1 heterocycles. The zero-order valence-electron chi connectivity index (χ0n) is 15.4. The molecule has 1 aliphatic heterocycles. The molecule has 0 saturated heterocycles. The van der Waals surface area contributed by atoms with Gasteiger partial charge in [0.25, 0.3) is 0 Å². The van der Waals surface area contributed by atoms with Gasteiger partial charge in [-0.1, -0.05) is 11.8 Å². The molecular formula is C21H20O4S2. The van der Waals surface area contributed by atoms with E-state index in [-0.39, 0.29) is 15.4 Å². The first-order valence-corrected chi connectivity index (χ1v) is 10.8. The molecule has 2 aromatic rings. The van der Waals surface area contributed by atoms with Crippen molar-refractivity contribution in [3.8, 4) is 23.3 Å². The van der Waals surface area contributed by atoms with E-state index in [1.807, 2.05) is 35.7 Å². The summed E-state index contributed by atoms with van der Waals surface area (Å²) in [5.74, 6) is 6.44. The fraction of sp³-hybridized carbons (Fsp3) is 0.286. The van der Waals surface area contributed by atoms with E-state index in [0.29, 0.717) is 12.2 Å². The highest BCUT2D eigenvalue weighted by molar-refractivity contribution is 8.16. The molecule has 0 aliphatic carbocycles. The maximum Gasteiger partial charge on any atom is 0.337 e. The summed E-state index contributed by atoms with van der Waals surface area (Å²) in [7, 11) is 1.30. The van der Waals surface area contributed by atoms with Crippen molar-refractivity contribution in [3.05, 3.63) is 58.7 Å². The van der Waals surface area contributed by atoms with E-state index in [0.717, 1.165) is 23.3 Å². The molecule has 0 atom stereocenters. The number of methoxy groups -OCH3 is 1. The minimum absolute atomic E-state index is 0.0322. The van der Waals surface area contributed by atoms with Crippen LogP contribution in [0.25, 0.3) is 0 Å². The Morgan fingerprint density at radius 3 is 2.63 bits per heavy atom. The number of aromatic hydroxyl groups is 1. The summed E-state index contributed by atoms with van der Waals surface area (Å²) in [6, 6.07) is 10.5. The van der Waals surface area contributed by atoms with Crippen LogP contribution in [0.5, 0.6) is 11.5 Å². The van der Waals surface area contributed by atoms with Gasteiger partial charge in [-0.2, -0.15) is 0 Å². The summed E-state index contributed by atoms with van der Waals surface area (Å²) in [6.07, 6.45) is 5.17. The van der Waals surface area contributed by atoms with E-state index >= 15 is 0 Å². The van der Waals surface area contributed by atoms with Crippen LogP contribution in [0.1, 0.15) is 33.5 Å². The van der Waals surface area contributed by atoms with Crippen molar-refractivity contribution in [2.24, 2.45) is 0 Å². The number of esters is 1. The third-order valence-corrected chi connectivity index (χ3v) is 7.67. The monoisotopic (exact) mass is 400 g/mol. The van der Waals surface area contributed by atoms with Crippen molar-refractivity contribution in [2.45, 2.75) is 10.5 Å². The van der Waals surface area contributed by atoms with Crippen molar-refractivity contribution in [2.75, 3.05) is 26.2 Å². The first-order chi connectivity index (χ1) is 13.0. The van der Waals surface area contributed by atoms with Crippen molar-refractivity contribution in [1.82, 2.24) is 0 Å². The third kappa shape index (κ3) is 3.90. The Hall–Kier alpha value is -2.23. The molecule has 4 nitrogen and oxygen atoms in total. The van der Waals surface area contributed by atoms with Gasteiger partial charge in [-0.25, -0.2) is 4.79 Å². The molecule has 0 amide bonds. The van der Waals surface area contributed by atoms with Gasteiger partial charge in [-0.3, -0.25) is 0 Å². The van der Waals surface area contributed by atoms with E-state index in [4.69, 9.17) is 4.74 Å². The van der Waals surface area contributed by atoms with E-state index in [2.05, 4.69) is 35.2 Å². The second kappa shape index (κ2) is 8.20. The number of benzene rings is 2. The SMILES string of the molecule is COC(=O)c1ccc(C#Cc2ccc3c(c2)C(SC)(SC)CCO3)c(O)c1. The van der Waals surface area contributed by atoms with Gasteiger partial charge in [0.15, 0.2) is 0 Å². The molecular weight excluding hydrogens is 380 g/mol. The molecule has 0 unspecified atom stereocenters. The van der Waals surface area contributed by atoms with Crippen LogP contribution in [0.4, 0.5) is 0 Å². The van der Waals surface area contributed by atoms with Crippen molar-refractivity contribution >= 4 is 29.5 Å². The van der Waals surface area contributed by atoms with Crippen LogP contribution in [-0.4, -0.2) is 37.3 Å². The van der Waals surface area contributed by atoms with Crippen LogP contribution in [0.2, 0.25) is 0 Å². The van der Waals surface area contributed by atoms with E-state index in [1.165, 1.54) is 13.2 Å². The number of hydrogen-bond acceptors (Lipinski definition) is 6. The molecule has 27 heavy (non-hydrogen) atoms. The maximum absolute atomic E-state index is 11.5. The number of carbonyl (C=O) groups excluding carboxylic acids is 1. The molecule has 0 spiro atoms. The Balaban J connectivity index is 1.94. The van der Waals surface area contributed by atoms with Crippen LogP contribution in [0.3, 0.4) is 0 Å². The Morgan fingerprint density at radius 1 is 1.19 bits per heavy atom. The second-order valence-corrected chi connectivity index (χ2v) is 8.41. The second-order valence-electron chi connectivity index (χ2n) is 5.94. The van der Waals surface area contributed by atoms with Gasteiger partial charge in [-0.05, 0) is 48.9 Å². The molecule has 0 aromatic heterocycles. The van der Waals surface area contributed by atoms with E-state index in [9.17, 15) is 9.90 Å². The Bertz CT molecular complexity index is 924. The highest BCUT2D eigenvalue weighted by atomic mass is 32.2. The van der Waals surface area contributed by atoms with Crippen LogP contribution in [0, 0.1) is 11.8 Å². The molecule has 0 fully saturated rings. The standard InChI is InChI=1S/C21H20O4S2/c1-24-20(23)16-8-7-15(18(22)13-16)6-4-14-5-9-19-17(12-14)21(26-2,27-3)10-11-25-19/h5,7-9,12-13,22H,10-11H2,1-3H3. The fourth-order valence-corrected chi connectivity index (χ4v) is 4.99. The molecule has 0 saturated carbocycles. The van der Waals surface area contributed by atoms with Gasteiger partial charge < -0.3 is 14.6 Å². The third-order valence-electron chi connectivity index (χ3n) is 4.50. The van der Waals surface area contributed by atoms with Gasteiger partial charge in [0.1, 0.15) is 11.5 Å². The summed E-state index contributed by atoms with van der Waals surface area (Å²) in [5.41, 5.74) is 2.74. The van der Waals surface area contributed by atoms with Gasteiger partial charge in [-0.15, -0.1) is 23.5 Å². The average molecular weight is 401 g/mol. The molecule has 6 heteroatoms. The van der Waals surface area contributed by atoms with Gasteiger partial charge >= 0.3 is 5.97 Å². The number of carbonyl (C=O) groups is 1. The Labute approximate surface area is 167 Å². The molecule has 1 aliphatic rings. The zero-order chi connectivity index (χ0) is 19.4. The minimum Gasteiger partial charge on any atom is -0.507 e. The molecule has 140 valence electrons. The molecule has 0 bridgehead atoms. The highest BCUT2D eigenvalue weighted by Gasteiger charge is 2.36. The van der Waals surface area contributed by atoms with Crippen LogP contribution < -0.4 is 4.74 Å². The predicted octanol–water partition coefficient (Wildman–Crippen LogP) is 4.24. The smallest absolute Gasteiger partial charge is 0.337 e. The number of phenolic OH excluding ortho intramolecular Hbond substituents is 1. The minimum atomic E-state index is -0.495. The van der Waals surface area contributed by atoms with Crippen LogP contribution in [0.15, 0.2) is 36.4 Å². The summed E-state index contributed by atoms with van der Waals surface area (Å²) < 4.78 is 10.4. The van der Waals surface area contributed by atoms with Crippen molar-refractivity contribution in [1.29, 1.82) is 0 Å². The van der Waals surface area contributed by atoms with Gasteiger partial charge in [0.05, 0.1) is 28.9 Å². The van der Waals surface area contributed by atoms with E-state index < -0.39 is 5.97 Å². The number of thioether (sulfide) groups is 2. The van der Waals surface area contributed by atoms with Gasteiger partial charge in [0.2, 0.25) is 0 Å². The number of phenols is 1. The Morgan fingerprint density at radius 2 is 1.96 bits per heavy atom. The molecule has 0 radical (unpaired) electrons.